The molecule has 0 radical (unpaired) electrons. The number of rotatable bonds is 4. The van der Waals surface area contributed by atoms with E-state index < -0.39 is 0 Å². The summed E-state index contributed by atoms with van der Waals surface area (Å²) in [6.07, 6.45) is 4.58. The monoisotopic (exact) mass is 382 g/mol. The average molecular weight is 382 g/mol. The van der Waals surface area contributed by atoms with Gasteiger partial charge in [-0.25, -0.2) is 4.98 Å². The Morgan fingerprint density at radius 1 is 1.03 bits per heavy atom. The van der Waals surface area contributed by atoms with Crippen LogP contribution in [0.15, 0.2) is 73.2 Å². The predicted octanol–water partition coefficient (Wildman–Crippen LogP) is 3.98. The van der Waals surface area contributed by atoms with Crippen LogP contribution in [0.3, 0.4) is 0 Å². The van der Waals surface area contributed by atoms with Crippen molar-refractivity contribution in [3.8, 4) is 0 Å². The van der Waals surface area contributed by atoms with E-state index in [2.05, 4.69) is 45.9 Å². The number of imidazole rings is 1. The molecule has 5 nitrogen and oxygen atoms in total. The molecule has 144 valence electrons. The van der Waals surface area contributed by atoms with Gasteiger partial charge >= 0.3 is 0 Å². The molecule has 29 heavy (non-hydrogen) atoms. The molecule has 0 fully saturated rings. The minimum atomic E-state index is -0.123. The molecule has 0 saturated heterocycles. The topological polar surface area (TPSA) is 59.0 Å². The summed E-state index contributed by atoms with van der Waals surface area (Å²) < 4.78 is 1.98. The van der Waals surface area contributed by atoms with Gasteiger partial charge in [0.25, 0.3) is 5.91 Å². The first-order valence-electron chi connectivity index (χ1n) is 9.88. The van der Waals surface area contributed by atoms with Crippen LogP contribution >= 0.6 is 0 Å². The fraction of sp³-hybridized carbons (Fsp3) is 0.167. The van der Waals surface area contributed by atoms with Gasteiger partial charge in [-0.1, -0.05) is 42.5 Å². The molecule has 1 aliphatic heterocycles. The molecular weight excluding hydrogens is 360 g/mol. The molecule has 2 N–H and O–H groups in total. The molecule has 4 aromatic rings. The molecule has 1 aromatic heterocycles. The predicted molar refractivity (Wildman–Crippen MR) is 115 cm³/mol. The van der Waals surface area contributed by atoms with Gasteiger partial charge in [-0.3, -0.25) is 4.79 Å². The van der Waals surface area contributed by atoms with E-state index in [0.717, 1.165) is 19.5 Å². The van der Waals surface area contributed by atoms with E-state index >= 15 is 0 Å². The van der Waals surface area contributed by atoms with Gasteiger partial charge in [0.1, 0.15) is 0 Å². The molecular formula is C24H22N4O. The van der Waals surface area contributed by atoms with Crippen molar-refractivity contribution >= 4 is 22.5 Å². The summed E-state index contributed by atoms with van der Waals surface area (Å²) in [6.45, 7) is 2.53. The zero-order valence-corrected chi connectivity index (χ0v) is 16.1. The fourth-order valence-corrected chi connectivity index (χ4v) is 3.87. The maximum Gasteiger partial charge on any atom is 0.256 e. The van der Waals surface area contributed by atoms with Gasteiger partial charge < -0.3 is 15.2 Å². The van der Waals surface area contributed by atoms with E-state index in [0.29, 0.717) is 17.9 Å². The smallest absolute Gasteiger partial charge is 0.256 e. The fourth-order valence-electron chi connectivity index (χ4n) is 3.87. The minimum Gasteiger partial charge on any atom is -0.331 e. The molecule has 5 heteroatoms. The van der Waals surface area contributed by atoms with Gasteiger partial charge in [-0.05, 0) is 58.6 Å². The molecule has 0 aliphatic carbocycles. The van der Waals surface area contributed by atoms with E-state index in [1.807, 2.05) is 41.1 Å². The van der Waals surface area contributed by atoms with Crippen LogP contribution in [-0.2, 0) is 19.5 Å². The number of nitrogens with zero attached hydrogens (tertiary/aromatic N) is 2. The maximum atomic E-state index is 12.6. The van der Waals surface area contributed by atoms with Gasteiger partial charge in [0, 0.05) is 24.8 Å². The summed E-state index contributed by atoms with van der Waals surface area (Å²) >= 11 is 0. The third-order valence-electron chi connectivity index (χ3n) is 5.41. The summed E-state index contributed by atoms with van der Waals surface area (Å²) in [5.74, 6) is 0.442. The molecule has 2 heterocycles. The zero-order valence-electron chi connectivity index (χ0n) is 16.1. The molecule has 0 atom stereocenters. The van der Waals surface area contributed by atoms with Crippen LogP contribution in [-0.4, -0.2) is 22.0 Å². The van der Waals surface area contributed by atoms with Crippen molar-refractivity contribution in [3.05, 3.63) is 95.4 Å². The van der Waals surface area contributed by atoms with Gasteiger partial charge in [-0.15, -0.1) is 0 Å². The molecule has 0 unspecified atom stereocenters. The second-order valence-electron chi connectivity index (χ2n) is 7.48. The highest BCUT2D eigenvalue weighted by Gasteiger charge is 2.13. The highest BCUT2D eigenvalue weighted by molar-refractivity contribution is 6.03. The highest BCUT2D eigenvalue weighted by atomic mass is 16.1. The van der Waals surface area contributed by atoms with Crippen molar-refractivity contribution in [1.29, 1.82) is 0 Å². The highest BCUT2D eigenvalue weighted by Crippen LogP contribution is 2.18. The standard InChI is InChI=1S/C24H22N4O/c29-24(21-7-8-22-13-25-10-9-20(22)12-21)27-23-15-28(16-26-23)14-17-5-6-18-3-1-2-4-19(18)11-17/h1-8,11-12,15-16,25H,9-10,13-14H2,(H,27,29). The summed E-state index contributed by atoms with van der Waals surface area (Å²) in [5, 5.41) is 8.72. The van der Waals surface area contributed by atoms with Crippen LogP contribution in [0, 0.1) is 0 Å². The molecule has 0 bridgehead atoms. The number of anilines is 1. The zero-order chi connectivity index (χ0) is 19.6. The summed E-state index contributed by atoms with van der Waals surface area (Å²) in [5.41, 5.74) is 4.39. The molecule has 1 aliphatic rings. The van der Waals surface area contributed by atoms with Gasteiger partial charge in [0.05, 0.1) is 6.33 Å². The number of amides is 1. The van der Waals surface area contributed by atoms with Crippen molar-refractivity contribution < 1.29 is 4.79 Å². The number of hydrogen-bond acceptors (Lipinski definition) is 3. The van der Waals surface area contributed by atoms with Crippen LogP contribution in [0.5, 0.6) is 0 Å². The molecule has 1 amide bonds. The summed E-state index contributed by atoms with van der Waals surface area (Å²) in [7, 11) is 0. The first-order valence-corrected chi connectivity index (χ1v) is 9.88. The Morgan fingerprint density at radius 3 is 2.86 bits per heavy atom. The van der Waals surface area contributed by atoms with E-state index in [1.165, 1.54) is 27.5 Å². The van der Waals surface area contributed by atoms with Crippen LogP contribution in [0.4, 0.5) is 5.82 Å². The number of carbonyl (C=O) groups excluding carboxylic acids is 1. The Bertz CT molecular complexity index is 1190. The Hall–Kier alpha value is -3.44. The van der Waals surface area contributed by atoms with Crippen LogP contribution < -0.4 is 10.6 Å². The Labute approximate surface area is 169 Å². The lowest BCUT2D eigenvalue weighted by atomic mass is 9.98. The van der Waals surface area contributed by atoms with E-state index in [-0.39, 0.29) is 5.91 Å². The van der Waals surface area contributed by atoms with Crippen molar-refractivity contribution in [2.24, 2.45) is 0 Å². The number of hydrogen-bond donors (Lipinski definition) is 2. The number of nitrogens with one attached hydrogen (secondary N) is 2. The Kier molecular flexibility index (Phi) is 4.58. The molecule has 0 spiro atoms. The summed E-state index contributed by atoms with van der Waals surface area (Å²) in [6, 6.07) is 20.7. The van der Waals surface area contributed by atoms with E-state index in [1.54, 1.807) is 6.33 Å². The quantitative estimate of drug-likeness (QED) is 0.561. The molecule has 0 saturated carbocycles. The summed E-state index contributed by atoms with van der Waals surface area (Å²) in [4.78, 5) is 17.0. The van der Waals surface area contributed by atoms with Crippen LogP contribution in [0.25, 0.3) is 10.8 Å². The third-order valence-corrected chi connectivity index (χ3v) is 5.41. The lowest BCUT2D eigenvalue weighted by Gasteiger charge is -2.17. The van der Waals surface area contributed by atoms with Crippen LogP contribution in [0.2, 0.25) is 0 Å². The van der Waals surface area contributed by atoms with E-state index in [9.17, 15) is 4.79 Å². The molecule has 3 aromatic carbocycles. The maximum absolute atomic E-state index is 12.6. The number of carbonyl (C=O) groups is 1. The van der Waals surface area contributed by atoms with Crippen molar-refractivity contribution in [3.63, 3.8) is 0 Å². The first-order chi connectivity index (χ1) is 14.2. The van der Waals surface area contributed by atoms with E-state index in [4.69, 9.17) is 0 Å². The first kappa shape index (κ1) is 17.6. The number of fused-ring (bicyclic) bond motifs is 2. The average Bonchev–Trinajstić information content (AvgIpc) is 3.20. The second-order valence-corrected chi connectivity index (χ2v) is 7.48. The largest absolute Gasteiger partial charge is 0.331 e. The minimum absolute atomic E-state index is 0.123. The lowest BCUT2D eigenvalue weighted by molar-refractivity contribution is 0.102. The lowest BCUT2D eigenvalue weighted by Crippen LogP contribution is -2.24. The van der Waals surface area contributed by atoms with Crippen molar-refractivity contribution in [2.75, 3.05) is 11.9 Å². The van der Waals surface area contributed by atoms with Crippen molar-refractivity contribution in [2.45, 2.75) is 19.5 Å². The number of aromatic nitrogens is 2. The van der Waals surface area contributed by atoms with Crippen LogP contribution in [0.1, 0.15) is 27.0 Å². The normalized spacial score (nSPS) is 13.2. The van der Waals surface area contributed by atoms with Gasteiger partial charge in [0.15, 0.2) is 5.82 Å². The Morgan fingerprint density at radius 2 is 1.93 bits per heavy atom. The third kappa shape index (κ3) is 3.77. The Balaban J connectivity index is 1.29. The van der Waals surface area contributed by atoms with Gasteiger partial charge in [0.2, 0.25) is 0 Å². The molecule has 5 rings (SSSR count). The van der Waals surface area contributed by atoms with Gasteiger partial charge in [-0.2, -0.15) is 0 Å². The number of benzene rings is 3. The SMILES string of the molecule is O=C(Nc1cn(Cc2ccc3ccccc3c2)cn1)c1ccc2c(c1)CCNC2. The van der Waals surface area contributed by atoms with Crippen molar-refractivity contribution in [1.82, 2.24) is 14.9 Å². The second kappa shape index (κ2) is 7.53.